The molecule has 0 aliphatic heterocycles. The van der Waals surface area contributed by atoms with Crippen molar-refractivity contribution in [2.24, 2.45) is 0 Å². The van der Waals surface area contributed by atoms with Crippen molar-refractivity contribution in [2.75, 3.05) is 11.9 Å². The van der Waals surface area contributed by atoms with E-state index in [2.05, 4.69) is 20.3 Å². The maximum absolute atomic E-state index is 9.44. The van der Waals surface area contributed by atoms with Crippen molar-refractivity contribution in [3.8, 4) is 5.75 Å². The second kappa shape index (κ2) is 8.79. The molecule has 0 radical (unpaired) electrons. The highest BCUT2D eigenvalue weighted by atomic mass is 16.5. The maximum atomic E-state index is 9.44. The van der Waals surface area contributed by atoms with Crippen LogP contribution in [0.2, 0.25) is 0 Å². The maximum Gasteiger partial charge on any atom is 0.180 e. The molecule has 0 saturated heterocycles. The Bertz CT molecular complexity index is 621. The van der Waals surface area contributed by atoms with Gasteiger partial charge in [-0.05, 0) is 12.5 Å². The first-order chi connectivity index (χ1) is 11.3. The zero-order valence-corrected chi connectivity index (χ0v) is 13.1. The third-order valence-electron chi connectivity index (χ3n) is 3.22. The number of aliphatic hydroxyl groups is 1. The Kier molecular flexibility index (Phi) is 6.43. The molecule has 0 aliphatic carbocycles. The standard InChI is InChI=1S/C16H21N5O2/c1-2-4-13(10-22)20-16-14(9-19-15(7-17)21-16)23-11-12-5-3-6-18-8-12/h3,5-9,13,17,22H,2,4,10-11H2,1H3,(H,19,20,21)/t13-/m0/s1. The zero-order chi connectivity index (χ0) is 16.5. The van der Waals surface area contributed by atoms with E-state index in [4.69, 9.17) is 10.1 Å². The molecule has 23 heavy (non-hydrogen) atoms. The van der Waals surface area contributed by atoms with E-state index in [1.807, 2.05) is 19.1 Å². The normalized spacial score (nSPS) is 11.7. The lowest BCUT2D eigenvalue weighted by molar-refractivity contribution is 0.266. The molecule has 122 valence electrons. The summed E-state index contributed by atoms with van der Waals surface area (Å²) in [5.41, 5.74) is 0.932. The summed E-state index contributed by atoms with van der Waals surface area (Å²) in [5, 5.41) is 19.9. The number of aliphatic hydroxyl groups excluding tert-OH is 1. The topological polar surface area (TPSA) is 104 Å². The van der Waals surface area contributed by atoms with E-state index >= 15 is 0 Å². The minimum absolute atomic E-state index is 0.000188. The average molecular weight is 315 g/mol. The third-order valence-corrected chi connectivity index (χ3v) is 3.22. The summed E-state index contributed by atoms with van der Waals surface area (Å²) in [6.45, 7) is 2.39. The number of nitrogens with zero attached hydrogens (tertiary/aromatic N) is 3. The van der Waals surface area contributed by atoms with E-state index in [0.717, 1.165) is 24.6 Å². The van der Waals surface area contributed by atoms with E-state index in [1.165, 1.54) is 6.20 Å². The van der Waals surface area contributed by atoms with E-state index < -0.39 is 0 Å². The van der Waals surface area contributed by atoms with E-state index in [0.29, 0.717) is 18.2 Å². The fraction of sp³-hybridized carbons (Fsp3) is 0.375. The van der Waals surface area contributed by atoms with Crippen molar-refractivity contribution in [1.82, 2.24) is 15.0 Å². The van der Waals surface area contributed by atoms with Crippen LogP contribution in [-0.2, 0) is 6.61 Å². The largest absolute Gasteiger partial charge is 0.483 e. The average Bonchev–Trinajstić information content (AvgIpc) is 2.61. The highest BCUT2D eigenvalue weighted by Gasteiger charge is 2.13. The number of hydrogen-bond donors (Lipinski definition) is 3. The molecule has 2 rings (SSSR count). The van der Waals surface area contributed by atoms with Gasteiger partial charge in [0.05, 0.1) is 25.1 Å². The number of anilines is 1. The lowest BCUT2D eigenvalue weighted by Crippen LogP contribution is -2.24. The molecular formula is C16H21N5O2. The summed E-state index contributed by atoms with van der Waals surface area (Å²) in [4.78, 5) is 12.4. The van der Waals surface area contributed by atoms with Gasteiger partial charge in [-0.15, -0.1) is 0 Å². The van der Waals surface area contributed by atoms with Crippen LogP contribution >= 0.6 is 0 Å². The van der Waals surface area contributed by atoms with Crippen molar-refractivity contribution in [2.45, 2.75) is 32.4 Å². The van der Waals surface area contributed by atoms with Crippen LogP contribution in [0, 0.1) is 5.41 Å². The van der Waals surface area contributed by atoms with Crippen LogP contribution in [0.1, 0.15) is 31.2 Å². The molecule has 0 saturated carbocycles. The van der Waals surface area contributed by atoms with Gasteiger partial charge in [-0.2, -0.15) is 0 Å². The first-order valence-corrected chi connectivity index (χ1v) is 7.53. The first-order valence-electron chi connectivity index (χ1n) is 7.53. The second-order valence-electron chi connectivity index (χ2n) is 5.05. The summed E-state index contributed by atoms with van der Waals surface area (Å²) in [7, 11) is 0. The number of ether oxygens (including phenoxy) is 1. The van der Waals surface area contributed by atoms with Crippen molar-refractivity contribution in [3.63, 3.8) is 0 Å². The summed E-state index contributed by atoms with van der Waals surface area (Å²) in [6.07, 6.45) is 7.79. The molecule has 0 unspecified atom stereocenters. The van der Waals surface area contributed by atoms with Crippen LogP contribution in [0.4, 0.5) is 5.82 Å². The number of pyridine rings is 1. The Labute approximate surface area is 135 Å². The van der Waals surface area contributed by atoms with Gasteiger partial charge in [-0.25, -0.2) is 9.97 Å². The fourth-order valence-corrected chi connectivity index (χ4v) is 2.06. The molecule has 0 spiro atoms. The molecule has 2 heterocycles. The highest BCUT2D eigenvalue weighted by Crippen LogP contribution is 2.23. The minimum atomic E-state index is -0.116. The van der Waals surface area contributed by atoms with Gasteiger partial charge in [0.15, 0.2) is 17.4 Å². The number of rotatable bonds is 9. The Hall–Kier alpha value is -2.54. The van der Waals surface area contributed by atoms with E-state index in [-0.39, 0.29) is 18.5 Å². The molecule has 0 amide bonds. The van der Waals surface area contributed by atoms with Crippen molar-refractivity contribution >= 4 is 12.0 Å². The number of hydrogen-bond acceptors (Lipinski definition) is 7. The molecule has 0 aromatic carbocycles. The van der Waals surface area contributed by atoms with Gasteiger partial charge in [0.2, 0.25) is 0 Å². The molecule has 3 N–H and O–H groups in total. The van der Waals surface area contributed by atoms with Crippen LogP contribution < -0.4 is 10.1 Å². The summed E-state index contributed by atoms with van der Waals surface area (Å²) >= 11 is 0. The highest BCUT2D eigenvalue weighted by molar-refractivity contribution is 5.72. The fourth-order valence-electron chi connectivity index (χ4n) is 2.06. The first kappa shape index (κ1) is 16.8. The summed E-state index contributed by atoms with van der Waals surface area (Å²) in [5.74, 6) is 1.25. The molecule has 1 atom stereocenters. The minimum Gasteiger partial charge on any atom is -0.483 e. The molecule has 2 aromatic heterocycles. The van der Waals surface area contributed by atoms with Crippen LogP contribution in [0.3, 0.4) is 0 Å². The number of aromatic nitrogens is 3. The zero-order valence-electron chi connectivity index (χ0n) is 13.1. The lowest BCUT2D eigenvalue weighted by Gasteiger charge is -2.18. The van der Waals surface area contributed by atoms with Crippen LogP contribution in [0.25, 0.3) is 0 Å². The Morgan fingerprint density at radius 2 is 2.30 bits per heavy atom. The predicted molar refractivity (Wildman–Crippen MR) is 87.9 cm³/mol. The monoisotopic (exact) mass is 315 g/mol. The van der Waals surface area contributed by atoms with Crippen LogP contribution in [0.15, 0.2) is 30.7 Å². The number of nitrogens with one attached hydrogen (secondary N) is 2. The van der Waals surface area contributed by atoms with Crippen molar-refractivity contribution < 1.29 is 9.84 Å². The summed E-state index contributed by atoms with van der Waals surface area (Å²) < 4.78 is 5.76. The molecular weight excluding hydrogens is 294 g/mol. The molecule has 0 bridgehead atoms. The van der Waals surface area contributed by atoms with Gasteiger partial charge in [0, 0.05) is 18.0 Å². The molecule has 7 nitrogen and oxygen atoms in total. The Balaban J connectivity index is 2.15. The smallest absolute Gasteiger partial charge is 0.180 e. The van der Waals surface area contributed by atoms with Gasteiger partial charge < -0.3 is 20.6 Å². The Morgan fingerprint density at radius 1 is 1.43 bits per heavy atom. The quantitative estimate of drug-likeness (QED) is 0.612. The third kappa shape index (κ3) is 5.00. The van der Waals surface area contributed by atoms with Gasteiger partial charge in [-0.1, -0.05) is 19.4 Å². The van der Waals surface area contributed by atoms with Gasteiger partial charge >= 0.3 is 0 Å². The Morgan fingerprint density at radius 3 is 2.96 bits per heavy atom. The van der Waals surface area contributed by atoms with Crippen LogP contribution in [-0.4, -0.2) is 38.9 Å². The lowest BCUT2D eigenvalue weighted by atomic mass is 10.2. The van der Waals surface area contributed by atoms with E-state index in [1.54, 1.807) is 12.4 Å². The molecule has 2 aromatic rings. The van der Waals surface area contributed by atoms with Crippen molar-refractivity contribution in [3.05, 3.63) is 42.1 Å². The van der Waals surface area contributed by atoms with Gasteiger partial charge in [0.1, 0.15) is 6.61 Å². The van der Waals surface area contributed by atoms with Crippen LogP contribution in [0.5, 0.6) is 5.75 Å². The van der Waals surface area contributed by atoms with Gasteiger partial charge in [0.25, 0.3) is 0 Å². The van der Waals surface area contributed by atoms with Crippen molar-refractivity contribution in [1.29, 1.82) is 5.41 Å². The van der Waals surface area contributed by atoms with E-state index in [9.17, 15) is 5.11 Å². The predicted octanol–water partition coefficient (Wildman–Crippen LogP) is 2.02. The SMILES string of the molecule is CCC[C@@H](CO)Nc1nc(C=N)ncc1OCc1cccnc1. The summed E-state index contributed by atoms with van der Waals surface area (Å²) in [6, 6.07) is 3.64. The molecule has 7 heteroatoms. The molecule has 0 aliphatic rings. The second-order valence-corrected chi connectivity index (χ2v) is 5.05. The van der Waals surface area contributed by atoms with Gasteiger partial charge in [-0.3, -0.25) is 4.98 Å². The molecule has 0 fully saturated rings.